The van der Waals surface area contributed by atoms with Crippen LogP contribution in [0, 0.1) is 0 Å². The van der Waals surface area contributed by atoms with Crippen molar-refractivity contribution < 1.29 is 4.79 Å². The largest absolute Gasteiger partial charge is 0.383 e. The Labute approximate surface area is 93.9 Å². The molecule has 7 nitrogen and oxygen atoms in total. The van der Waals surface area contributed by atoms with Crippen molar-refractivity contribution in [2.75, 3.05) is 7.05 Å². The average molecular weight is 224 g/mol. The molecule has 0 heterocycles. The Morgan fingerprint density at radius 3 is 2.69 bits per heavy atom. The molecule has 0 aromatic carbocycles. The summed E-state index contributed by atoms with van der Waals surface area (Å²) in [5.41, 5.74) is 7.70. The fraction of sp³-hybridized carbons (Fsp3) is 0.111. The molecule has 7 N–H and O–H groups in total. The second-order valence-corrected chi connectivity index (χ2v) is 2.50. The molecule has 0 aliphatic carbocycles. The molecule has 0 saturated carbocycles. The van der Waals surface area contributed by atoms with Crippen LogP contribution < -0.4 is 27.6 Å². The Morgan fingerprint density at radius 2 is 2.19 bits per heavy atom. The van der Waals surface area contributed by atoms with E-state index in [0.29, 0.717) is 0 Å². The number of carbonyl (C=O) groups is 1. The lowest BCUT2D eigenvalue weighted by molar-refractivity contribution is -0.117. The Morgan fingerprint density at radius 1 is 1.50 bits per heavy atom. The van der Waals surface area contributed by atoms with Gasteiger partial charge in [-0.3, -0.25) is 15.2 Å². The number of carbonyl (C=O) groups excluding carboxylic acids is 1. The van der Waals surface area contributed by atoms with E-state index in [4.69, 9.17) is 11.6 Å². The maximum atomic E-state index is 11.2. The summed E-state index contributed by atoms with van der Waals surface area (Å²) in [5, 5.41) is 5.30. The first kappa shape index (κ1) is 13.7. The number of nitrogens with one attached hydrogen (secondary N) is 3. The van der Waals surface area contributed by atoms with Crippen molar-refractivity contribution in [1.82, 2.24) is 16.1 Å². The van der Waals surface area contributed by atoms with Crippen LogP contribution in [0.4, 0.5) is 0 Å². The van der Waals surface area contributed by atoms with Gasteiger partial charge in [0.1, 0.15) is 11.5 Å². The average Bonchev–Trinajstić information content (AvgIpc) is 2.29. The number of aliphatic imine (C=N–C) groups is 1. The van der Waals surface area contributed by atoms with Crippen molar-refractivity contribution >= 4 is 12.1 Å². The molecular weight excluding hydrogens is 208 g/mol. The molecular formula is C9H16N6O. The van der Waals surface area contributed by atoms with E-state index in [2.05, 4.69) is 22.2 Å². The second-order valence-electron chi connectivity index (χ2n) is 2.50. The molecule has 0 rings (SSSR count). The molecule has 0 aromatic heterocycles. The zero-order valence-electron chi connectivity index (χ0n) is 9.03. The van der Waals surface area contributed by atoms with E-state index >= 15 is 0 Å². The fourth-order valence-corrected chi connectivity index (χ4v) is 0.806. The minimum absolute atomic E-state index is 0.146. The molecule has 0 aliphatic heterocycles. The Hall–Kier alpha value is -2.28. The summed E-state index contributed by atoms with van der Waals surface area (Å²) in [6.07, 6.45) is 6.02. The van der Waals surface area contributed by atoms with Gasteiger partial charge in [0.05, 0.1) is 0 Å². The highest BCUT2D eigenvalue weighted by Gasteiger charge is 2.09. The predicted octanol–water partition coefficient (Wildman–Crippen LogP) is -1.36. The molecule has 0 aromatic rings. The van der Waals surface area contributed by atoms with E-state index < -0.39 is 5.91 Å². The number of nitrogens with zero attached hydrogens (tertiary/aromatic N) is 1. The highest BCUT2D eigenvalue weighted by atomic mass is 16.2. The standard InChI is InChI=1S/C9H16N6O/c1-3-13-5-4-6-14-8(10)7(12-2)9(16)15-11/h3-6,12,14H,1,10-11H2,2H3,(H,15,16)/b6-4-,8-7-,13-5?. The number of hydrogen-bond acceptors (Lipinski definition) is 6. The quantitative estimate of drug-likeness (QED) is 0.126. The van der Waals surface area contributed by atoms with Crippen LogP contribution in [0.25, 0.3) is 0 Å². The molecule has 0 fully saturated rings. The van der Waals surface area contributed by atoms with Gasteiger partial charge in [-0.05, 0) is 6.08 Å². The number of hydrogen-bond donors (Lipinski definition) is 5. The summed E-state index contributed by atoms with van der Waals surface area (Å²) >= 11 is 0. The highest BCUT2D eigenvalue weighted by molar-refractivity contribution is 5.92. The topological polar surface area (TPSA) is 118 Å². The third kappa shape index (κ3) is 4.82. The maximum Gasteiger partial charge on any atom is 0.284 e. The molecule has 1 amide bonds. The van der Waals surface area contributed by atoms with E-state index in [1.165, 1.54) is 18.6 Å². The summed E-state index contributed by atoms with van der Waals surface area (Å²) in [5.74, 6) is 4.61. The molecule has 88 valence electrons. The number of hydrazine groups is 1. The first-order chi connectivity index (χ1) is 7.67. The van der Waals surface area contributed by atoms with Crippen molar-refractivity contribution in [2.24, 2.45) is 16.6 Å². The molecule has 0 unspecified atom stereocenters. The Bertz CT molecular complexity index is 331. The SMILES string of the molecule is C=CN=C/C=C\N/C(N)=C(\NC)C(=O)NN. The summed E-state index contributed by atoms with van der Waals surface area (Å²) in [6, 6.07) is 0. The summed E-state index contributed by atoms with van der Waals surface area (Å²) in [6.45, 7) is 3.41. The van der Waals surface area contributed by atoms with Crippen LogP contribution in [0.2, 0.25) is 0 Å². The number of nitrogens with two attached hydrogens (primary N) is 2. The lowest BCUT2D eigenvalue weighted by Crippen LogP contribution is -2.38. The van der Waals surface area contributed by atoms with Gasteiger partial charge in [-0.15, -0.1) is 0 Å². The number of allylic oxidation sites excluding steroid dienone is 1. The van der Waals surface area contributed by atoms with Crippen LogP contribution in [0.3, 0.4) is 0 Å². The smallest absolute Gasteiger partial charge is 0.284 e. The van der Waals surface area contributed by atoms with Gasteiger partial charge >= 0.3 is 0 Å². The van der Waals surface area contributed by atoms with Gasteiger partial charge in [0.25, 0.3) is 5.91 Å². The van der Waals surface area contributed by atoms with E-state index in [-0.39, 0.29) is 11.5 Å². The van der Waals surface area contributed by atoms with Gasteiger partial charge in [0.15, 0.2) is 0 Å². The summed E-state index contributed by atoms with van der Waals surface area (Å²) in [7, 11) is 1.56. The molecule has 0 saturated heterocycles. The second kappa shape index (κ2) is 8.06. The van der Waals surface area contributed by atoms with Crippen LogP contribution in [-0.4, -0.2) is 19.2 Å². The number of likely N-dealkylation sites (N-methyl/N-ethyl adjacent to an activating group) is 1. The molecule has 16 heavy (non-hydrogen) atoms. The van der Waals surface area contributed by atoms with Gasteiger partial charge < -0.3 is 16.4 Å². The van der Waals surface area contributed by atoms with Gasteiger partial charge in [0, 0.05) is 25.7 Å². The monoisotopic (exact) mass is 224 g/mol. The van der Waals surface area contributed by atoms with Gasteiger partial charge in [0.2, 0.25) is 0 Å². The fourth-order valence-electron chi connectivity index (χ4n) is 0.806. The Kier molecular flexibility index (Phi) is 6.91. The van der Waals surface area contributed by atoms with Crippen molar-refractivity contribution in [1.29, 1.82) is 0 Å². The third-order valence-electron chi connectivity index (χ3n) is 1.49. The first-order valence-electron chi connectivity index (χ1n) is 4.41. The molecule has 7 heteroatoms. The highest BCUT2D eigenvalue weighted by Crippen LogP contribution is 1.90. The number of amides is 1. The van der Waals surface area contributed by atoms with Crippen LogP contribution in [0.5, 0.6) is 0 Å². The lowest BCUT2D eigenvalue weighted by Gasteiger charge is -2.09. The van der Waals surface area contributed by atoms with E-state index in [9.17, 15) is 4.79 Å². The minimum Gasteiger partial charge on any atom is -0.383 e. The third-order valence-corrected chi connectivity index (χ3v) is 1.49. The predicted molar refractivity (Wildman–Crippen MR) is 63.6 cm³/mol. The van der Waals surface area contributed by atoms with Crippen LogP contribution in [0.15, 0.2) is 41.6 Å². The number of rotatable bonds is 6. The van der Waals surface area contributed by atoms with Crippen molar-refractivity contribution in [2.45, 2.75) is 0 Å². The molecule has 0 aliphatic rings. The first-order valence-corrected chi connectivity index (χ1v) is 4.41. The van der Waals surface area contributed by atoms with Crippen molar-refractivity contribution in [3.05, 3.63) is 36.6 Å². The Balaban J connectivity index is 4.49. The normalized spacial score (nSPS) is 12.4. The zero-order valence-corrected chi connectivity index (χ0v) is 9.03. The van der Waals surface area contributed by atoms with E-state index in [1.807, 2.05) is 5.43 Å². The van der Waals surface area contributed by atoms with Gasteiger partial charge in [-0.1, -0.05) is 6.58 Å². The summed E-state index contributed by atoms with van der Waals surface area (Å²) in [4.78, 5) is 14.9. The maximum absolute atomic E-state index is 11.2. The zero-order chi connectivity index (χ0) is 12.4. The lowest BCUT2D eigenvalue weighted by atomic mass is 10.4. The van der Waals surface area contributed by atoms with E-state index in [0.717, 1.165) is 0 Å². The van der Waals surface area contributed by atoms with Crippen LogP contribution in [0.1, 0.15) is 0 Å². The van der Waals surface area contributed by atoms with Crippen molar-refractivity contribution in [3.8, 4) is 0 Å². The summed E-state index contributed by atoms with van der Waals surface area (Å²) < 4.78 is 0. The van der Waals surface area contributed by atoms with Gasteiger partial charge in [-0.2, -0.15) is 0 Å². The molecule has 0 spiro atoms. The van der Waals surface area contributed by atoms with Crippen LogP contribution >= 0.6 is 0 Å². The van der Waals surface area contributed by atoms with Crippen molar-refractivity contribution in [3.63, 3.8) is 0 Å². The van der Waals surface area contributed by atoms with Gasteiger partial charge in [-0.25, -0.2) is 5.84 Å². The molecule has 0 radical (unpaired) electrons. The van der Waals surface area contributed by atoms with E-state index in [1.54, 1.807) is 13.1 Å². The molecule has 0 bridgehead atoms. The molecule has 0 atom stereocenters. The van der Waals surface area contributed by atoms with Crippen LogP contribution in [-0.2, 0) is 4.79 Å². The minimum atomic E-state index is -0.513.